The minimum atomic E-state index is -3.40. The maximum Gasteiger partial charge on any atom is 0.200 e. The maximum absolute atomic E-state index is 12.3. The summed E-state index contributed by atoms with van der Waals surface area (Å²) in [4.78, 5) is 8.14. The van der Waals surface area contributed by atoms with Crippen LogP contribution in [-0.4, -0.2) is 29.7 Å². The first-order chi connectivity index (χ1) is 10.3. The molecule has 118 valence electrons. The molecular formula is C16H21N3O2S. The lowest BCUT2D eigenvalue weighted by Gasteiger charge is -2.18. The molecule has 0 aromatic carbocycles. The lowest BCUT2D eigenvalue weighted by molar-refractivity contribution is 0.556. The fourth-order valence-corrected chi connectivity index (χ4v) is 2.92. The molecule has 0 aliphatic carbocycles. The molecular weight excluding hydrogens is 298 g/mol. The van der Waals surface area contributed by atoms with Crippen LogP contribution in [0, 0.1) is 0 Å². The van der Waals surface area contributed by atoms with Gasteiger partial charge in [0.2, 0.25) is 0 Å². The minimum Gasteiger partial charge on any atom is -0.383 e. The molecule has 2 aromatic heterocycles. The first-order valence-electron chi connectivity index (χ1n) is 7.14. The second-order valence-corrected chi connectivity index (χ2v) is 8.69. The molecule has 0 aliphatic heterocycles. The summed E-state index contributed by atoms with van der Waals surface area (Å²) in [6, 6.07) is 7.22. The van der Waals surface area contributed by atoms with Gasteiger partial charge in [-0.25, -0.2) is 13.4 Å². The van der Waals surface area contributed by atoms with E-state index in [9.17, 15) is 8.42 Å². The van der Waals surface area contributed by atoms with Crippen molar-refractivity contribution in [1.82, 2.24) is 9.97 Å². The van der Waals surface area contributed by atoms with Gasteiger partial charge in [-0.2, -0.15) is 0 Å². The number of hydrogen-bond acceptors (Lipinski definition) is 5. The van der Waals surface area contributed by atoms with Crippen molar-refractivity contribution in [3.8, 4) is 0 Å². The first kappa shape index (κ1) is 16.4. The van der Waals surface area contributed by atoms with E-state index in [-0.39, 0.29) is 5.03 Å². The van der Waals surface area contributed by atoms with Crippen LogP contribution in [0.3, 0.4) is 0 Å². The molecule has 1 N–H and O–H groups in total. The average Bonchev–Trinajstić information content (AvgIpc) is 2.48. The molecule has 0 radical (unpaired) electrons. The maximum atomic E-state index is 12.3. The number of pyridine rings is 2. The van der Waals surface area contributed by atoms with Crippen LogP contribution in [0.5, 0.6) is 0 Å². The highest BCUT2D eigenvalue weighted by atomic mass is 32.2. The highest BCUT2D eigenvalue weighted by Gasteiger charge is 2.31. The summed E-state index contributed by atoms with van der Waals surface area (Å²) >= 11 is 0. The molecule has 0 amide bonds. The Bertz CT molecular complexity index is 705. The Balaban J connectivity index is 1.98. The molecule has 0 fully saturated rings. The third-order valence-corrected chi connectivity index (χ3v) is 5.69. The lowest BCUT2D eigenvalue weighted by Crippen LogP contribution is -2.28. The van der Waals surface area contributed by atoms with E-state index < -0.39 is 14.6 Å². The largest absolute Gasteiger partial charge is 0.383 e. The number of rotatable bonds is 5. The molecule has 2 rings (SSSR count). The van der Waals surface area contributed by atoms with E-state index in [1.54, 1.807) is 45.3 Å². The van der Waals surface area contributed by atoms with Crippen LogP contribution in [0.15, 0.2) is 47.9 Å². The van der Waals surface area contributed by atoms with Crippen LogP contribution in [-0.2, 0) is 16.3 Å². The van der Waals surface area contributed by atoms with Gasteiger partial charge < -0.3 is 5.32 Å². The Morgan fingerprint density at radius 1 is 1.14 bits per heavy atom. The van der Waals surface area contributed by atoms with E-state index in [1.807, 2.05) is 18.3 Å². The van der Waals surface area contributed by atoms with Crippen molar-refractivity contribution in [3.63, 3.8) is 0 Å². The third kappa shape index (κ3) is 3.82. The number of nitrogens with one attached hydrogen (secondary N) is 1. The zero-order valence-corrected chi connectivity index (χ0v) is 13.9. The minimum absolute atomic E-state index is 0.109. The predicted molar refractivity (Wildman–Crippen MR) is 87.6 cm³/mol. The van der Waals surface area contributed by atoms with Crippen molar-refractivity contribution in [2.75, 3.05) is 11.9 Å². The number of nitrogens with zero attached hydrogens (tertiary/aromatic N) is 2. The van der Waals surface area contributed by atoms with Crippen molar-refractivity contribution >= 4 is 15.5 Å². The van der Waals surface area contributed by atoms with Gasteiger partial charge in [0.05, 0.1) is 16.6 Å². The monoisotopic (exact) mass is 319 g/mol. The van der Waals surface area contributed by atoms with Gasteiger partial charge in [-0.3, -0.25) is 4.98 Å². The van der Waals surface area contributed by atoms with Gasteiger partial charge in [-0.1, -0.05) is 6.07 Å². The zero-order valence-electron chi connectivity index (χ0n) is 13.1. The predicted octanol–water partition coefficient (Wildman–Crippen LogP) is 2.70. The first-order valence-corrected chi connectivity index (χ1v) is 8.62. The van der Waals surface area contributed by atoms with Gasteiger partial charge in [0.1, 0.15) is 0 Å². The Kier molecular flexibility index (Phi) is 4.81. The van der Waals surface area contributed by atoms with Gasteiger partial charge in [0.25, 0.3) is 0 Å². The van der Waals surface area contributed by atoms with Gasteiger partial charge in [0, 0.05) is 18.9 Å². The SMILES string of the molecule is CC(C)(C)S(=O)(=O)c1ccc(NCCc2cccnc2)cn1. The lowest BCUT2D eigenvalue weighted by atomic mass is 10.2. The van der Waals surface area contributed by atoms with Crippen molar-refractivity contribution < 1.29 is 8.42 Å². The molecule has 0 atom stereocenters. The quantitative estimate of drug-likeness (QED) is 0.917. The summed E-state index contributed by atoms with van der Waals surface area (Å²) in [6.45, 7) is 5.75. The summed E-state index contributed by atoms with van der Waals surface area (Å²) in [7, 11) is -3.40. The molecule has 0 saturated heterocycles. The zero-order chi connectivity index (χ0) is 16.2. The molecule has 2 aromatic rings. The third-order valence-electron chi connectivity index (χ3n) is 3.28. The number of hydrogen-bond donors (Lipinski definition) is 1. The summed E-state index contributed by atoms with van der Waals surface area (Å²) in [5, 5.41) is 3.33. The van der Waals surface area contributed by atoms with Gasteiger partial charge in [-0.05, 0) is 51.0 Å². The fraction of sp³-hybridized carbons (Fsp3) is 0.375. The highest BCUT2D eigenvalue weighted by molar-refractivity contribution is 7.92. The van der Waals surface area contributed by atoms with E-state index >= 15 is 0 Å². The van der Waals surface area contributed by atoms with E-state index in [0.29, 0.717) is 0 Å². The van der Waals surface area contributed by atoms with Crippen LogP contribution in [0.4, 0.5) is 5.69 Å². The second kappa shape index (κ2) is 6.44. The van der Waals surface area contributed by atoms with Crippen molar-refractivity contribution in [2.24, 2.45) is 0 Å². The molecule has 6 heteroatoms. The number of sulfone groups is 1. The summed E-state index contributed by atoms with van der Waals surface area (Å²) in [6.07, 6.45) is 5.98. The van der Waals surface area contributed by atoms with Crippen molar-refractivity contribution in [3.05, 3.63) is 48.4 Å². The highest BCUT2D eigenvalue weighted by Crippen LogP contribution is 2.23. The molecule has 0 aliphatic rings. The van der Waals surface area contributed by atoms with Gasteiger partial charge in [0.15, 0.2) is 14.9 Å². The van der Waals surface area contributed by atoms with Gasteiger partial charge in [-0.15, -0.1) is 0 Å². The van der Waals surface area contributed by atoms with Crippen LogP contribution in [0.2, 0.25) is 0 Å². The van der Waals surface area contributed by atoms with E-state index in [1.165, 1.54) is 0 Å². The Hall–Kier alpha value is -1.95. The Morgan fingerprint density at radius 2 is 1.91 bits per heavy atom. The summed E-state index contributed by atoms with van der Waals surface area (Å²) < 4.78 is 23.7. The smallest absolute Gasteiger partial charge is 0.200 e. The van der Waals surface area contributed by atoms with E-state index in [2.05, 4.69) is 15.3 Å². The molecule has 0 bridgehead atoms. The van der Waals surface area contributed by atoms with Gasteiger partial charge >= 0.3 is 0 Å². The standard InChI is InChI=1S/C16H21N3O2S/c1-16(2,3)22(20,21)15-7-6-14(12-19-15)18-10-8-13-5-4-9-17-11-13/h4-7,9,11-12,18H,8,10H2,1-3H3. The second-order valence-electron chi connectivity index (χ2n) is 6.04. The van der Waals surface area contributed by atoms with Crippen LogP contribution < -0.4 is 5.32 Å². The summed E-state index contributed by atoms with van der Waals surface area (Å²) in [5.41, 5.74) is 1.95. The Morgan fingerprint density at radius 3 is 2.45 bits per heavy atom. The number of anilines is 1. The number of aromatic nitrogens is 2. The Labute approximate surface area is 131 Å². The van der Waals surface area contributed by atoms with E-state index in [0.717, 1.165) is 24.2 Å². The summed E-state index contributed by atoms with van der Waals surface area (Å²) in [5.74, 6) is 0. The van der Waals surface area contributed by atoms with Crippen LogP contribution in [0.25, 0.3) is 0 Å². The molecule has 0 unspecified atom stereocenters. The van der Waals surface area contributed by atoms with Crippen LogP contribution >= 0.6 is 0 Å². The van der Waals surface area contributed by atoms with Crippen LogP contribution in [0.1, 0.15) is 26.3 Å². The molecule has 0 saturated carbocycles. The molecule has 0 spiro atoms. The average molecular weight is 319 g/mol. The van der Waals surface area contributed by atoms with Crippen molar-refractivity contribution in [1.29, 1.82) is 0 Å². The normalized spacial score (nSPS) is 12.1. The fourth-order valence-electron chi connectivity index (χ4n) is 1.85. The molecule has 2 heterocycles. The molecule has 22 heavy (non-hydrogen) atoms. The van der Waals surface area contributed by atoms with E-state index in [4.69, 9.17) is 0 Å². The molecule has 5 nitrogen and oxygen atoms in total. The topological polar surface area (TPSA) is 72.0 Å². The van der Waals surface area contributed by atoms with Crippen molar-refractivity contribution in [2.45, 2.75) is 37.0 Å².